The highest BCUT2D eigenvalue weighted by Crippen LogP contribution is 2.39. The van der Waals surface area contributed by atoms with Gasteiger partial charge in [0.05, 0.1) is 4.83 Å². The number of thiophene rings is 1. The second-order valence-corrected chi connectivity index (χ2v) is 6.91. The summed E-state index contributed by atoms with van der Waals surface area (Å²) >= 11 is 11.7. The molecule has 0 bridgehead atoms. The molecule has 90 valence electrons. The van der Waals surface area contributed by atoms with Crippen LogP contribution in [0.25, 0.3) is 0 Å². The third-order valence-corrected chi connectivity index (χ3v) is 5.53. The molecule has 0 amide bonds. The van der Waals surface area contributed by atoms with E-state index in [1.165, 1.54) is 26.4 Å². The summed E-state index contributed by atoms with van der Waals surface area (Å²) in [5.74, 6) is 0. The van der Waals surface area contributed by atoms with E-state index in [4.69, 9.17) is 11.6 Å². The Morgan fingerprint density at radius 2 is 1.82 bits per heavy atom. The summed E-state index contributed by atoms with van der Waals surface area (Å²) in [7, 11) is 0. The van der Waals surface area contributed by atoms with Gasteiger partial charge in [0.1, 0.15) is 0 Å². The minimum Gasteiger partial charge on any atom is -0.144 e. The number of halogens is 2. The number of aryl methyl sites for hydroxylation is 3. The van der Waals surface area contributed by atoms with Gasteiger partial charge in [0.25, 0.3) is 0 Å². The third kappa shape index (κ3) is 2.75. The van der Waals surface area contributed by atoms with E-state index in [-0.39, 0.29) is 4.83 Å². The van der Waals surface area contributed by atoms with Gasteiger partial charge in [0.2, 0.25) is 0 Å². The first-order valence-corrected chi connectivity index (χ1v) is 7.57. The van der Waals surface area contributed by atoms with Crippen molar-refractivity contribution < 1.29 is 0 Å². The van der Waals surface area contributed by atoms with Gasteiger partial charge in [-0.25, -0.2) is 0 Å². The van der Waals surface area contributed by atoms with Crippen LogP contribution in [0.2, 0.25) is 5.02 Å². The Kier molecular flexibility index (Phi) is 3.96. The van der Waals surface area contributed by atoms with Crippen molar-refractivity contribution in [1.29, 1.82) is 0 Å². The maximum Gasteiger partial charge on any atom is 0.0743 e. The molecule has 2 aromatic rings. The van der Waals surface area contributed by atoms with E-state index in [0.29, 0.717) is 0 Å². The number of hydrogen-bond acceptors (Lipinski definition) is 1. The second-order valence-electron chi connectivity index (χ2n) is 4.27. The first-order valence-electron chi connectivity index (χ1n) is 5.46. The quantitative estimate of drug-likeness (QED) is 0.610. The first-order chi connectivity index (χ1) is 7.99. The van der Waals surface area contributed by atoms with E-state index in [0.717, 1.165) is 5.02 Å². The van der Waals surface area contributed by atoms with Gasteiger partial charge in [0, 0.05) is 14.8 Å². The monoisotopic (exact) mass is 328 g/mol. The fourth-order valence-corrected chi connectivity index (χ4v) is 4.28. The van der Waals surface area contributed by atoms with E-state index in [9.17, 15) is 0 Å². The van der Waals surface area contributed by atoms with E-state index in [1.807, 2.05) is 23.5 Å². The highest BCUT2D eigenvalue weighted by Gasteiger charge is 2.17. The molecule has 0 aliphatic rings. The lowest BCUT2D eigenvalue weighted by Crippen LogP contribution is -1.95. The first kappa shape index (κ1) is 13.1. The van der Waals surface area contributed by atoms with Crippen LogP contribution in [0.1, 0.15) is 31.3 Å². The molecule has 0 nitrogen and oxygen atoms in total. The van der Waals surface area contributed by atoms with Crippen molar-refractivity contribution in [3.8, 4) is 0 Å². The van der Waals surface area contributed by atoms with E-state index < -0.39 is 0 Å². The van der Waals surface area contributed by atoms with Crippen LogP contribution in [0.4, 0.5) is 0 Å². The molecule has 0 aliphatic heterocycles. The summed E-state index contributed by atoms with van der Waals surface area (Å²) in [4.78, 5) is 2.95. The van der Waals surface area contributed by atoms with Crippen molar-refractivity contribution in [2.45, 2.75) is 25.6 Å². The molecular formula is C14H14BrClS. The molecule has 0 radical (unpaired) electrons. The van der Waals surface area contributed by atoms with Gasteiger partial charge >= 0.3 is 0 Å². The van der Waals surface area contributed by atoms with Gasteiger partial charge in [-0.15, -0.1) is 11.3 Å². The molecule has 1 aromatic carbocycles. The van der Waals surface area contributed by atoms with Crippen LogP contribution in [-0.2, 0) is 0 Å². The molecule has 3 heteroatoms. The Labute approximate surface area is 120 Å². The normalized spacial score (nSPS) is 12.8. The Bertz CT molecular complexity index is 545. The van der Waals surface area contributed by atoms with Crippen molar-refractivity contribution in [2.75, 3.05) is 0 Å². The molecule has 0 aliphatic carbocycles. The standard InChI is InChI=1S/C14H14BrClS/c1-8-4-5-11(16)7-12(8)13(15)14-9(2)6-10(3)17-14/h4-7,13H,1-3H3. The maximum absolute atomic E-state index is 6.08. The molecule has 17 heavy (non-hydrogen) atoms. The molecule has 0 saturated carbocycles. The summed E-state index contributed by atoms with van der Waals surface area (Å²) in [6.07, 6.45) is 0. The van der Waals surface area contributed by atoms with E-state index >= 15 is 0 Å². The van der Waals surface area contributed by atoms with Crippen molar-refractivity contribution in [2.24, 2.45) is 0 Å². The minimum atomic E-state index is 0.236. The predicted molar refractivity (Wildman–Crippen MR) is 80.8 cm³/mol. The van der Waals surface area contributed by atoms with Crippen molar-refractivity contribution in [3.05, 3.63) is 55.7 Å². The fourth-order valence-electron chi connectivity index (χ4n) is 1.94. The maximum atomic E-state index is 6.08. The zero-order valence-corrected chi connectivity index (χ0v) is 13.2. The Morgan fingerprint density at radius 1 is 1.12 bits per heavy atom. The third-order valence-electron chi connectivity index (χ3n) is 2.82. The minimum absolute atomic E-state index is 0.236. The molecule has 0 fully saturated rings. The average molecular weight is 330 g/mol. The molecule has 1 heterocycles. The fraction of sp³-hybridized carbons (Fsp3) is 0.286. The van der Waals surface area contributed by atoms with Crippen molar-refractivity contribution in [3.63, 3.8) is 0 Å². The lowest BCUT2D eigenvalue weighted by atomic mass is 10.0. The van der Waals surface area contributed by atoms with Crippen LogP contribution in [0.15, 0.2) is 24.3 Å². The van der Waals surface area contributed by atoms with Gasteiger partial charge in [-0.05, 0) is 55.7 Å². The van der Waals surface area contributed by atoms with Gasteiger partial charge < -0.3 is 0 Å². The molecule has 1 aromatic heterocycles. The predicted octanol–water partition coefficient (Wildman–Crippen LogP) is 5.81. The Balaban J connectivity index is 2.46. The number of rotatable bonds is 2. The molecule has 0 spiro atoms. The molecule has 0 saturated heterocycles. The van der Waals surface area contributed by atoms with Gasteiger partial charge in [0.15, 0.2) is 0 Å². The van der Waals surface area contributed by atoms with Crippen molar-refractivity contribution in [1.82, 2.24) is 0 Å². The van der Waals surface area contributed by atoms with Crippen LogP contribution in [0.3, 0.4) is 0 Å². The lowest BCUT2D eigenvalue weighted by Gasteiger charge is -2.13. The molecule has 2 rings (SSSR count). The number of benzene rings is 1. The average Bonchev–Trinajstić information content (AvgIpc) is 2.60. The van der Waals surface area contributed by atoms with Crippen molar-refractivity contribution >= 4 is 38.9 Å². The summed E-state index contributed by atoms with van der Waals surface area (Å²) < 4.78 is 0. The molecular weight excluding hydrogens is 316 g/mol. The van der Waals surface area contributed by atoms with Crippen LogP contribution < -0.4 is 0 Å². The van der Waals surface area contributed by atoms with E-state index in [2.05, 4.69) is 48.8 Å². The van der Waals surface area contributed by atoms with Crippen LogP contribution in [0.5, 0.6) is 0 Å². The summed E-state index contributed by atoms with van der Waals surface area (Å²) in [5.41, 5.74) is 3.86. The molecule has 1 unspecified atom stereocenters. The smallest absolute Gasteiger partial charge is 0.0743 e. The van der Waals surface area contributed by atoms with Gasteiger partial charge in [-0.3, -0.25) is 0 Å². The summed E-state index contributed by atoms with van der Waals surface area (Å²) in [6.45, 7) is 6.43. The zero-order valence-electron chi connectivity index (χ0n) is 10.1. The largest absolute Gasteiger partial charge is 0.144 e. The lowest BCUT2D eigenvalue weighted by molar-refractivity contribution is 1.16. The Hall–Kier alpha value is -0.310. The molecule has 1 atom stereocenters. The zero-order chi connectivity index (χ0) is 12.6. The van der Waals surface area contributed by atoms with Crippen LogP contribution in [-0.4, -0.2) is 0 Å². The summed E-state index contributed by atoms with van der Waals surface area (Å²) in [5, 5.41) is 0.793. The highest BCUT2D eigenvalue weighted by atomic mass is 79.9. The van der Waals surface area contributed by atoms with Crippen LogP contribution in [0, 0.1) is 20.8 Å². The highest BCUT2D eigenvalue weighted by molar-refractivity contribution is 9.09. The van der Waals surface area contributed by atoms with Gasteiger partial charge in [-0.1, -0.05) is 33.6 Å². The SMILES string of the molecule is Cc1cc(C)c(C(Br)c2cc(Cl)ccc2C)s1. The number of hydrogen-bond donors (Lipinski definition) is 0. The van der Waals surface area contributed by atoms with E-state index in [1.54, 1.807) is 0 Å². The Morgan fingerprint density at radius 3 is 2.41 bits per heavy atom. The number of alkyl halides is 1. The summed E-state index contributed by atoms with van der Waals surface area (Å²) in [6, 6.07) is 8.29. The van der Waals surface area contributed by atoms with Crippen LogP contribution >= 0.6 is 38.9 Å². The van der Waals surface area contributed by atoms with Gasteiger partial charge in [-0.2, -0.15) is 0 Å². The second kappa shape index (κ2) is 5.13. The topological polar surface area (TPSA) is 0 Å². The molecule has 0 N–H and O–H groups in total.